The highest BCUT2D eigenvalue weighted by Crippen LogP contribution is 2.23. The first-order chi connectivity index (χ1) is 9.47. The summed E-state index contributed by atoms with van der Waals surface area (Å²) >= 11 is 0. The number of carbonyl (C=O) groups is 1. The van der Waals surface area contributed by atoms with Gasteiger partial charge in [-0.25, -0.2) is 4.39 Å². The number of para-hydroxylation sites is 1. The van der Waals surface area contributed by atoms with Crippen molar-refractivity contribution >= 4 is 11.6 Å². The summed E-state index contributed by atoms with van der Waals surface area (Å²) in [5, 5.41) is 2.68. The number of anilines is 1. The Morgan fingerprint density at radius 1 is 1.30 bits per heavy atom. The van der Waals surface area contributed by atoms with E-state index >= 15 is 0 Å². The Balaban J connectivity index is 2.00. The van der Waals surface area contributed by atoms with Crippen LogP contribution in [-0.4, -0.2) is 29.9 Å². The molecule has 0 saturated carbocycles. The van der Waals surface area contributed by atoms with Crippen LogP contribution in [0.15, 0.2) is 24.3 Å². The van der Waals surface area contributed by atoms with Gasteiger partial charge in [-0.2, -0.15) is 0 Å². The predicted octanol–water partition coefficient (Wildman–Crippen LogP) is 3.13. The number of piperidine rings is 1. The molecule has 1 amide bonds. The van der Waals surface area contributed by atoms with Gasteiger partial charge in [0.1, 0.15) is 5.82 Å². The van der Waals surface area contributed by atoms with Gasteiger partial charge in [-0.1, -0.05) is 26.0 Å². The second kappa shape index (κ2) is 6.35. The summed E-state index contributed by atoms with van der Waals surface area (Å²) in [7, 11) is 0. The van der Waals surface area contributed by atoms with Gasteiger partial charge >= 0.3 is 0 Å². The highest BCUT2D eigenvalue weighted by molar-refractivity contribution is 5.94. The van der Waals surface area contributed by atoms with Crippen LogP contribution in [0.3, 0.4) is 0 Å². The third-order valence-corrected chi connectivity index (χ3v) is 3.96. The number of amides is 1. The van der Waals surface area contributed by atoms with E-state index in [4.69, 9.17) is 0 Å². The van der Waals surface area contributed by atoms with Crippen LogP contribution < -0.4 is 5.32 Å². The lowest BCUT2D eigenvalue weighted by molar-refractivity contribution is -0.121. The smallest absolute Gasteiger partial charge is 0.241 e. The maximum atomic E-state index is 13.6. The number of carbonyl (C=O) groups excluding carboxylic acids is 1. The van der Waals surface area contributed by atoms with Crippen molar-refractivity contribution in [3.05, 3.63) is 30.1 Å². The van der Waals surface area contributed by atoms with E-state index in [9.17, 15) is 9.18 Å². The number of benzene rings is 1. The van der Waals surface area contributed by atoms with Crippen molar-refractivity contribution in [3.63, 3.8) is 0 Å². The average molecular weight is 278 g/mol. The summed E-state index contributed by atoms with van der Waals surface area (Å²) in [5.74, 6) is 0.662. The fourth-order valence-electron chi connectivity index (χ4n) is 2.99. The van der Waals surface area contributed by atoms with Crippen LogP contribution >= 0.6 is 0 Å². The van der Waals surface area contributed by atoms with E-state index in [0.717, 1.165) is 13.1 Å². The van der Waals surface area contributed by atoms with Gasteiger partial charge in [0, 0.05) is 13.1 Å². The first-order valence-electron chi connectivity index (χ1n) is 7.26. The number of hydrogen-bond donors (Lipinski definition) is 1. The molecule has 2 rings (SSSR count). The van der Waals surface area contributed by atoms with E-state index in [1.165, 1.54) is 12.5 Å². The maximum Gasteiger partial charge on any atom is 0.241 e. The Kier molecular flexibility index (Phi) is 4.76. The van der Waals surface area contributed by atoms with E-state index < -0.39 is 5.82 Å². The zero-order valence-corrected chi connectivity index (χ0v) is 12.4. The molecule has 0 bridgehead atoms. The van der Waals surface area contributed by atoms with Gasteiger partial charge in [0.15, 0.2) is 0 Å². The summed E-state index contributed by atoms with van der Waals surface area (Å²) in [5.41, 5.74) is 0.252. The fraction of sp³-hybridized carbons (Fsp3) is 0.562. The van der Waals surface area contributed by atoms with Crippen LogP contribution in [0.1, 0.15) is 27.2 Å². The summed E-state index contributed by atoms with van der Waals surface area (Å²) in [6.07, 6.45) is 1.21. The number of likely N-dealkylation sites (tertiary alicyclic amines) is 1. The van der Waals surface area contributed by atoms with Crippen LogP contribution in [0, 0.1) is 17.7 Å². The first kappa shape index (κ1) is 15.0. The Labute approximate surface area is 120 Å². The number of nitrogens with zero attached hydrogens (tertiary/aromatic N) is 1. The molecule has 1 aromatic rings. The molecule has 1 aromatic carbocycles. The summed E-state index contributed by atoms with van der Waals surface area (Å²) in [6, 6.07) is 6.03. The summed E-state index contributed by atoms with van der Waals surface area (Å²) in [4.78, 5) is 14.4. The van der Waals surface area contributed by atoms with Crippen molar-refractivity contribution in [3.8, 4) is 0 Å². The number of rotatable bonds is 3. The molecule has 3 nitrogen and oxygen atoms in total. The van der Waals surface area contributed by atoms with Crippen LogP contribution in [0.25, 0.3) is 0 Å². The monoisotopic (exact) mass is 278 g/mol. The average Bonchev–Trinajstić information content (AvgIpc) is 2.39. The molecule has 1 saturated heterocycles. The third kappa shape index (κ3) is 3.57. The topological polar surface area (TPSA) is 32.3 Å². The summed E-state index contributed by atoms with van der Waals surface area (Å²) in [6.45, 7) is 8.17. The van der Waals surface area contributed by atoms with Crippen LogP contribution in [-0.2, 0) is 4.79 Å². The van der Waals surface area contributed by atoms with Crippen molar-refractivity contribution < 1.29 is 9.18 Å². The Bertz CT molecular complexity index is 467. The van der Waals surface area contributed by atoms with E-state index in [1.807, 2.05) is 6.92 Å². The van der Waals surface area contributed by atoms with Gasteiger partial charge in [0.2, 0.25) is 5.91 Å². The molecule has 3 atom stereocenters. The van der Waals surface area contributed by atoms with E-state index in [0.29, 0.717) is 11.8 Å². The minimum absolute atomic E-state index is 0.142. The second-order valence-electron chi connectivity index (χ2n) is 6.05. The molecule has 1 aliphatic rings. The highest BCUT2D eigenvalue weighted by atomic mass is 19.1. The van der Waals surface area contributed by atoms with E-state index in [1.54, 1.807) is 18.2 Å². The largest absolute Gasteiger partial charge is 0.322 e. The molecular weight excluding hydrogens is 255 g/mol. The molecular formula is C16H23FN2O. The Morgan fingerprint density at radius 2 is 1.90 bits per heavy atom. The normalized spacial score (nSPS) is 25.2. The van der Waals surface area contributed by atoms with Gasteiger partial charge in [0.25, 0.3) is 0 Å². The Morgan fingerprint density at radius 3 is 2.50 bits per heavy atom. The molecule has 110 valence electrons. The zero-order valence-electron chi connectivity index (χ0n) is 12.4. The standard InChI is InChI=1S/C16H23FN2O/c1-11-8-12(2)10-19(9-11)13(3)16(20)18-15-7-5-4-6-14(15)17/h4-7,11-13H,8-10H2,1-3H3,(H,18,20)/t11-,12-,13+/m1/s1. The van der Waals surface area contributed by atoms with E-state index in [2.05, 4.69) is 24.1 Å². The first-order valence-corrected chi connectivity index (χ1v) is 7.26. The minimum Gasteiger partial charge on any atom is -0.322 e. The molecule has 0 aliphatic carbocycles. The van der Waals surface area contributed by atoms with Gasteiger partial charge in [-0.05, 0) is 37.3 Å². The molecule has 1 heterocycles. The van der Waals surface area contributed by atoms with E-state index in [-0.39, 0.29) is 17.6 Å². The van der Waals surface area contributed by atoms with Crippen molar-refractivity contribution in [2.75, 3.05) is 18.4 Å². The Hall–Kier alpha value is -1.42. The quantitative estimate of drug-likeness (QED) is 0.921. The fourth-order valence-corrected chi connectivity index (χ4v) is 2.99. The number of halogens is 1. The van der Waals surface area contributed by atoms with Crippen LogP contribution in [0.5, 0.6) is 0 Å². The molecule has 1 N–H and O–H groups in total. The van der Waals surface area contributed by atoms with Gasteiger partial charge < -0.3 is 5.32 Å². The lowest BCUT2D eigenvalue weighted by Crippen LogP contribution is -2.48. The number of nitrogens with one attached hydrogen (secondary N) is 1. The molecule has 0 unspecified atom stereocenters. The molecule has 4 heteroatoms. The van der Waals surface area contributed by atoms with Crippen molar-refractivity contribution in [1.29, 1.82) is 0 Å². The van der Waals surface area contributed by atoms with Crippen molar-refractivity contribution in [2.45, 2.75) is 33.2 Å². The second-order valence-corrected chi connectivity index (χ2v) is 6.05. The molecule has 0 aromatic heterocycles. The summed E-state index contributed by atoms with van der Waals surface area (Å²) < 4.78 is 13.6. The zero-order chi connectivity index (χ0) is 14.7. The SMILES string of the molecule is C[C@@H]1C[C@@H](C)CN([C@@H](C)C(=O)Nc2ccccc2F)C1. The van der Waals surface area contributed by atoms with Crippen LogP contribution in [0.2, 0.25) is 0 Å². The van der Waals surface area contributed by atoms with Crippen LogP contribution in [0.4, 0.5) is 10.1 Å². The molecule has 20 heavy (non-hydrogen) atoms. The van der Waals surface area contributed by atoms with Gasteiger partial charge in [-0.15, -0.1) is 0 Å². The van der Waals surface area contributed by atoms with Gasteiger partial charge in [0.05, 0.1) is 11.7 Å². The number of hydrogen-bond acceptors (Lipinski definition) is 2. The lowest BCUT2D eigenvalue weighted by Gasteiger charge is -2.38. The van der Waals surface area contributed by atoms with Crippen molar-refractivity contribution in [1.82, 2.24) is 4.90 Å². The molecule has 0 radical (unpaired) electrons. The highest BCUT2D eigenvalue weighted by Gasteiger charge is 2.28. The lowest BCUT2D eigenvalue weighted by atomic mass is 9.91. The van der Waals surface area contributed by atoms with Crippen molar-refractivity contribution in [2.24, 2.45) is 11.8 Å². The third-order valence-electron chi connectivity index (χ3n) is 3.96. The predicted molar refractivity (Wildman–Crippen MR) is 79.0 cm³/mol. The molecule has 0 spiro atoms. The molecule has 1 aliphatic heterocycles. The maximum absolute atomic E-state index is 13.6. The van der Waals surface area contributed by atoms with Gasteiger partial charge in [-0.3, -0.25) is 9.69 Å². The minimum atomic E-state index is -0.395. The molecule has 1 fully saturated rings.